The number of carbonyl (C=O) groups is 2. The smallest absolute Gasteiger partial charge is 0.407 e. The van der Waals surface area contributed by atoms with Crippen LogP contribution in [-0.2, 0) is 32.0 Å². The van der Waals surface area contributed by atoms with Gasteiger partial charge in [0.1, 0.15) is 5.60 Å². The molecule has 1 aromatic rings. The zero-order chi connectivity index (χ0) is 22.4. The molecule has 1 unspecified atom stereocenters. The molecule has 0 heterocycles. The molecule has 170 valence electrons. The molecule has 0 bridgehead atoms. The SMILES string of the molecule is CC(C)(C)OC(=O)NC(CCC(N)=O)COCc1ccc(CCCOCCO)cc1. The minimum Gasteiger partial charge on any atom is -0.444 e. The van der Waals surface area contributed by atoms with Crippen molar-refractivity contribution in [2.75, 3.05) is 26.4 Å². The Labute approximate surface area is 179 Å². The van der Waals surface area contributed by atoms with Gasteiger partial charge in [-0.05, 0) is 51.2 Å². The van der Waals surface area contributed by atoms with Crippen LogP contribution in [-0.4, -0.2) is 55.2 Å². The van der Waals surface area contributed by atoms with Crippen LogP contribution in [0.3, 0.4) is 0 Å². The number of hydrogen-bond donors (Lipinski definition) is 3. The van der Waals surface area contributed by atoms with Crippen LogP contribution in [0, 0.1) is 0 Å². The van der Waals surface area contributed by atoms with Crippen LogP contribution < -0.4 is 11.1 Å². The molecule has 30 heavy (non-hydrogen) atoms. The second kappa shape index (κ2) is 14.0. The van der Waals surface area contributed by atoms with Crippen molar-refractivity contribution in [3.63, 3.8) is 0 Å². The summed E-state index contributed by atoms with van der Waals surface area (Å²) in [5.74, 6) is -0.427. The quantitative estimate of drug-likeness (QED) is 0.394. The summed E-state index contributed by atoms with van der Waals surface area (Å²) in [4.78, 5) is 23.1. The Morgan fingerprint density at radius 3 is 2.37 bits per heavy atom. The lowest BCUT2D eigenvalue weighted by atomic mass is 10.1. The lowest BCUT2D eigenvalue weighted by Crippen LogP contribution is -2.42. The maximum Gasteiger partial charge on any atom is 0.407 e. The lowest BCUT2D eigenvalue weighted by Gasteiger charge is -2.23. The number of amides is 2. The van der Waals surface area contributed by atoms with Crippen LogP contribution in [0.5, 0.6) is 0 Å². The summed E-state index contributed by atoms with van der Waals surface area (Å²) in [7, 11) is 0. The van der Waals surface area contributed by atoms with Crippen molar-refractivity contribution < 1.29 is 28.9 Å². The number of aliphatic hydroxyl groups excluding tert-OH is 1. The minimum atomic E-state index is -0.605. The molecule has 1 atom stereocenters. The Hall–Kier alpha value is -2.16. The molecule has 0 aliphatic carbocycles. The first kappa shape index (κ1) is 25.9. The van der Waals surface area contributed by atoms with Gasteiger partial charge in [-0.25, -0.2) is 4.79 Å². The van der Waals surface area contributed by atoms with Crippen molar-refractivity contribution >= 4 is 12.0 Å². The number of rotatable bonds is 14. The summed E-state index contributed by atoms with van der Waals surface area (Å²) in [6.07, 6.45) is 1.79. The molecular formula is C22H36N2O6. The molecule has 8 nitrogen and oxygen atoms in total. The zero-order valence-corrected chi connectivity index (χ0v) is 18.3. The predicted molar refractivity (Wildman–Crippen MR) is 114 cm³/mol. The van der Waals surface area contributed by atoms with Crippen molar-refractivity contribution in [1.82, 2.24) is 5.32 Å². The Bertz CT molecular complexity index is 628. The van der Waals surface area contributed by atoms with Gasteiger partial charge in [0.05, 0.1) is 32.5 Å². The van der Waals surface area contributed by atoms with E-state index in [2.05, 4.69) is 5.32 Å². The third kappa shape index (κ3) is 13.1. The van der Waals surface area contributed by atoms with E-state index in [1.807, 2.05) is 24.3 Å². The van der Waals surface area contributed by atoms with Crippen LogP contribution in [0.2, 0.25) is 0 Å². The van der Waals surface area contributed by atoms with Gasteiger partial charge < -0.3 is 30.4 Å². The number of aryl methyl sites for hydroxylation is 1. The van der Waals surface area contributed by atoms with Crippen LogP contribution in [0.25, 0.3) is 0 Å². The molecule has 0 aliphatic heterocycles. The number of benzene rings is 1. The highest BCUT2D eigenvalue weighted by molar-refractivity contribution is 5.74. The van der Waals surface area contributed by atoms with E-state index in [1.54, 1.807) is 20.8 Å². The summed E-state index contributed by atoms with van der Waals surface area (Å²) in [6, 6.07) is 7.74. The molecule has 8 heteroatoms. The van der Waals surface area contributed by atoms with E-state index in [4.69, 9.17) is 25.1 Å². The molecule has 0 saturated heterocycles. The molecular weight excluding hydrogens is 388 g/mol. The molecule has 0 aromatic heterocycles. The normalized spacial score (nSPS) is 12.4. The highest BCUT2D eigenvalue weighted by atomic mass is 16.6. The third-order valence-corrected chi connectivity index (χ3v) is 4.06. The topological polar surface area (TPSA) is 120 Å². The lowest BCUT2D eigenvalue weighted by molar-refractivity contribution is -0.118. The molecule has 0 radical (unpaired) electrons. The van der Waals surface area contributed by atoms with Crippen molar-refractivity contribution in [2.24, 2.45) is 5.73 Å². The first-order valence-corrected chi connectivity index (χ1v) is 10.3. The Balaban J connectivity index is 2.43. The highest BCUT2D eigenvalue weighted by Crippen LogP contribution is 2.10. The maximum atomic E-state index is 12.0. The number of alkyl carbamates (subject to hydrolysis) is 1. The highest BCUT2D eigenvalue weighted by Gasteiger charge is 2.20. The fraction of sp³-hybridized carbons (Fsp3) is 0.636. The van der Waals surface area contributed by atoms with E-state index in [1.165, 1.54) is 5.56 Å². The van der Waals surface area contributed by atoms with Crippen LogP contribution in [0.15, 0.2) is 24.3 Å². The Morgan fingerprint density at radius 1 is 1.10 bits per heavy atom. The summed E-state index contributed by atoms with van der Waals surface area (Å²) in [5.41, 5.74) is 6.84. The van der Waals surface area contributed by atoms with Gasteiger partial charge in [0.2, 0.25) is 5.91 Å². The van der Waals surface area contributed by atoms with E-state index in [0.29, 0.717) is 26.2 Å². The monoisotopic (exact) mass is 424 g/mol. The molecule has 0 spiro atoms. The van der Waals surface area contributed by atoms with Crippen LogP contribution >= 0.6 is 0 Å². The predicted octanol–water partition coefficient (Wildman–Crippen LogP) is 2.30. The first-order chi connectivity index (χ1) is 14.2. The second-order valence-electron chi connectivity index (χ2n) is 8.12. The zero-order valence-electron chi connectivity index (χ0n) is 18.3. The molecule has 0 saturated carbocycles. The van der Waals surface area contributed by atoms with Gasteiger partial charge in [0, 0.05) is 13.0 Å². The number of nitrogens with two attached hydrogens (primary N) is 1. The van der Waals surface area contributed by atoms with Crippen molar-refractivity contribution in [1.29, 1.82) is 0 Å². The number of aliphatic hydroxyl groups is 1. The average Bonchev–Trinajstić information content (AvgIpc) is 2.65. The Kier molecular flexibility index (Phi) is 12.0. The number of carbonyl (C=O) groups excluding carboxylic acids is 2. The van der Waals surface area contributed by atoms with Crippen molar-refractivity contribution in [3.05, 3.63) is 35.4 Å². The van der Waals surface area contributed by atoms with Crippen molar-refractivity contribution in [2.45, 2.75) is 64.7 Å². The van der Waals surface area contributed by atoms with Gasteiger partial charge in [0.15, 0.2) is 0 Å². The number of nitrogens with one attached hydrogen (secondary N) is 1. The molecule has 0 aliphatic rings. The molecule has 1 aromatic carbocycles. The van der Waals surface area contributed by atoms with Crippen molar-refractivity contribution in [3.8, 4) is 0 Å². The summed E-state index contributed by atoms with van der Waals surface area (Å²) >= 11 is 0. The van der Waals surface area contributed by atoms with E-state index in [9.17, 15) is 9.59 Å². The average molecular weight is 425 g/mol. The summed E-state index contributed by atoms with van der Waals surface area (Å²) in [6.45, 7) is 7.04. The van der Waals surface area contributed by atoms with Gasteiger partial charge in [0.25, 0.3) is 0 Å². The molecule has 2 amide bonds. The van der Waals surface area contributed by atoms with E-state index >= 15 is 0 Å². The van der Waals surface area contributed by atoms with Crippen LogP contribution in [0.4, 0.5) is 4.79 Å². The van der Waals surface area contributed by atoms with Gasteiger partial charge in [-0.3, -0.25) is 4.79 Å². The fourth-order valence-corrected chi connectivity index (χ4v) is 2.65. The molecule has 4 N–H and O–H groups in total. The minimum absolute atomic E-state index is 0.0470. The van der Waals surface area contributed by atoms with Gasteiger partial charge in [-0.1, -0.05) is 24.3 Å². The fourth-order valence-electron chi connectivity index (χ4n) is 2.65. The first-order valence-electron chi connectivity index (χ1n) is 10.3. The largest absolute Gasteiger partial charge is 0.444 e. The number of ether oxygens (including phenoxy) is 3. The van der Waals surface area contributed by atoms with Gasteiger partial charge in [-0.2, -0.15) is 0 Å². The van der Waals surface area contributed by atoms with Crippen LogP contribution in [0.1, 0.15) is 51.2 Å². The second-order valence-corrected chi connectivity index (χ2v) is 8.12. The maximum absolute atomic E-state index is 12.0. The molecule has 0 fully saturated rings. The number of primary amides is 1. The van der Waals surface area contributed by atoms with Gasteiger partial charge >= 0.3 is 6.09 Å². The van der Waals surface area contributed by atoms with E-state index in [0.717, 1.165) is 18.4 Å². The molecule has 1 rings (SSSR count). The standard InChI is InChI=1S/C22H36N2O6/c1-22(2,3)30-21(27)24-19(10-11-20(23)26)16-29-15-18-8-6-17(7-9-18)5-4-13-28-14-12-25/h6-9,19,25H,4-5,10-16H2,1-3H3,(H2,23,26)(H,24,27). The van der Waals surface area contributed by atoms with Gasteiger partial charge in [-0.15, -0.1) is 0 Å². The summed E-state index contributed by atoms with van der Waals surface area (Å²) in [5, 5.41) is 11.4. The third-order valence-electron chi connectivity index (χ3n) is 4.06. The Morgan fingerprint density at radius 2 is 1.77 bits per heavy atom. The van der Waals surface area contributed by atoms with E-state index in [-0.39, 0.29) is 25.7 Å². The summed E-state index contributed by atoms with van der Waals surface area (Å²) < 4.78 is 16.3. The van der Waals surface area contributed by atoms with E-state index < -0.39 is 17.6 Å². The number of hydrogen-bond acceptors (Lipinski definition) is 6.